The summed E-state index contributed by atoms with van der Waals surface area (Å²) in [6.45, 7) is 6.44. The van der Waals surface area contributed by atoms with E-state index >= 15 is 0 Å². The molecule has 0 saturated carbocycles. The highest BCUT2D eigenvalue weighted by molar-refractivity contribution is 8.26. The van der Waals surface area contributed by atoms with Gasteiger partial charge in [0.15, 0.2) is 0 Å². The second kappa shape index (κ2) is 10.6. The number of thiocarbonyl (C=S) groups is 1. The highest BCUT2D eigenvalue weighted by Crippen LogP contribution is 2.36. The topological polar surface area (TPSA) is 102 Å². The molecule has 1 amide bonds. The van der Waals surface area contributed by atoms with E-state index in [1.165, 1.54) is 16.3 Å². The number of carbonyl (C=O) groups is 1. The Bertz CT molecular complexity index is 1110. The number of nitrogens with zero attached hydrogens (tertiary/aromatic N) is 5. The van der Waals surface area contributed by atoms with Crippen LogP contribution in [-0.2, 0) is 16.6 Å². The summed E-state index contributed by atoms with van der Waals surface area (Å²) in [5.41, 5.74) is 0.969. The number of β-amino-alcohol motifs (C(OH)–C–C–N with tert-alkyl or cyclic N) is 1. The van der Waals surface area contributed by atoms with Crippen LogP contribution in [0.25, 0.3) is 6.08 Å². The SMILES string of the molecule is Cc1c(/C=C2\SC(=S)N(CC3CCCO3)C2=O)c(N2CCN(CCO)CC2)n(C)c(=O)c1C#N. The zero-order valence-corrected chi connectivity index (χ0v) is 21.1. The van der Waals surface area contributed by atoms with Crippen molar-refractivity contribution in [3.05, 3.63) is 31.9 Å². The lowest BCUT2D eigenvalue weighted by atomic mass is 10.0. The van der Waals surface area contributed by atoms with Gasteiger partial charge >= 0.3 is 0 Å². The van der Waals surface area contributed by atoms with Crippen molar-refractivity contribution in [2.75, 3.05) is 57.4 Å². The van der Waals surface area contributed by atoms with Crippen LogP contribution in [0.5, 0.6) is 0 Å². The molecule has 34 heavy (non-hydrogen) atoms. The van der Waals surface area contributed by atoms with Crippen molar-refractivity contribution >= 4 is 46.1 Å². The number of carbonyl (C=O) groups excluding carboxylic acids is 1. The van der Waals surface area contributed by atoms with Crippen molar-refractivity contribution in [3.63, 3.8) is 0 Å². The number of aliphatic hydroxyl groups excluding tert-OH is 1. The molecule has 0 bridgehead atoms. The maximum atomic E-state index is 13.2. The summed E-state index contributed by atoms with van der Waals surface area (Å²) in [4.78, 5) is 32.5. The number of anilines is 1. The van der Waals surface area contributed by atoms with Crippen LogP contribution in [0.1, 0.15) is 29.5 Å². The Kier molecular flexibility index (Phi) is 7.74. The molecule has 3 aliphatic rings. The third-order valence-corrected chi connectivity index (χ3v) is 7.99. The summed E-state index contributed by atoms with van der Waals surface area (Å²) in [5, 5.41) is 18.9. The van der Waals surface area contributed by atoms with Crippen LogP contribution in [0.4, 0.5) is 5.82 Å². The lowest BCUT2D eigenvalue weighted by Crippen LogP contribution is -2.49. The number of ether oxygens (including phenoxy) is 1. The molecule has 0 aromatic carbocycles. The van der Waals surface area contributed by atoms with Crippen LogP contribution < -0.4 is 10.5 Å². The van der Waals surface area contributed by atoms with Gasteiger partial charge in [0.25, 0.3) is 11.5 Å². The van der Waals surface area contributed by atoms with E-state index in [0.717, 1.165) is 25.9 Å². The molecule has 1 N–H and O–H groups in total. The van der Waals surface area contributed by atoms with Gasteiger partial charge in [0, 0.05) is 51.9 Å². The Morgan fingerprint density at radius 3 is 2.65 bits per heavy atom. The number of nitriles is 1. The van der Waals surface area contributed by atoms with Gasteiger partial charge in [0.1, 0.15) is 21.8 Å². The smallest absolute Gasteiger partial charge is 0.270 e. The lowest BCUT2D eigenvalue weighted by molar-refractivity contribution is -0.123. The van der Waals surface area contributed by atoms with E-state index in [4.69, 9.17) is 17.0 Å². The van der Waals surface area contributed by atoms with Gasteiger partial charge in [-0.15, -0.1) is 0 Å². The first-order valence-corrected chi connectivity index (χ1v) is 12.7. The molecule has 182 valence electrons. The molecule has 4 rings (SSSR count). The van der Waals surface area contributed by atoms with Gasteiger partial charge in [0.2, 0.25) is 0 Å². The predicted molar refractivity (Wildman–Crippen MR) is 136 cm³/mol. The molecule has 3 fully saturated rings. The minimum atomic E-state index is -0.351. The van der Waals surface area contributed by atoms with Gasteiger partial charge < -0.3 is 14.7 Å². The Balaban J connectivity index is 1.71. The molecular formula is C23H29N5O4S2. The van der Waals surface area contributed by atoms with Crippen LogP contribution in [0.2, 0.25) is 0 Å². The molecule has 1 atom stereocenters. The summed E-state index contributed by atoms with van der Waals surface area (Å²) < 4.78 is 7.69. The van der Waals surface area contributed by atoms with Crippen molar-refractivity contribution < 1.29 is 14.6 Å². The van der Waals surface area contributed by atoms with Crippen molar-refractivity contribution in [1.82, 2.24) is 14.4 Å². The highest BCUT2D eigenvalue weighted by Gasteiger charge is 2.35. The molecule has 4 heterocycles. The number of hydrogen-bond donors (Lipinski definition) is 1. The molecule has 11 heteroatoms. The third-order valence-electron chi connectivity index (χ3n) is 6.62. The molecular weight excluding hydrogens is 474 g/mol. The van der Waals surface area contributed by atoms with Gasteiger partial charge in [-0.1, -0.05) is 24.0 Å². The maximum absolute atomic E-state index is 13.2. The van der Waals surface area contributed by atoms with Crippen molar-refractivity contribution in [2.45, 2.75) is 25.9 Å². The Hall–Kier alpha value is -2.23. The maximum Gasteiger partial charge on any atom is 0.270 e. The number of piperazine rings is 1. The van der Waals surface area contributed by atoms with E-state index in [9.17, 15) is 20.0 Å². The highest BCUT2D eigenvalue weighted by atomic mass is 32.2. The number of aromatic nitrogens is 1. The molecule has 0 aliphatic carbocycles. The summed E-state index contributed by atoms with van der Waals surface area (Å²) in [5.74, 6) is 0.519. The third kappa shape index (κ3) is 4.78. The number of thioether (sulfide) groups is 1. The van der Waals surface area contributed by atoms with Gasteiger partial charge in [-0.2, -0.15) is 5.26 Å². The van der Waals surface area contributed by atoms with Crippen molar-refractivity contribution in [2.24, 2.45) is 7.05 Å². The quantitative estimate of drug-likeness (QED) is 0.451. The molecule has 1 aromatic rings. The van der Waals surface area contributed by atoms with E-state index in [0.29, 0.717) is 59.0 Å². The Labute approximate surface area is 208 Å². The molecule has 9 nitrogen and oxygen atoms in total. The predicted octanol–water partition coefficient (Wildman–Crippen LogP) is 1.06. The monoisotopic (exact) mass is 503 g/mol. The molecule has 3 saturated heterocycles. The van der Waals surface area contributed by atoms with E-state index in [1.807, 2.05) is 6.07 Å². The molecule has 1 aromatic heterocycles. The lowest BCUT2D eigenvalue weighted by Gasteiger charge is -2.37. The fourth-order valence-electron chi connectivity index (χ4n) is 4.70. The summed E-state index contributed by atoms with van der Waals surface area (Å²) in [6.07, 6.45) is 3.67. The second-order valence-electron chi connectivity index (χ2n) is 8.69. The second-order valence-corrected chi connectivity index (χ2v) is 10.4. The van der Waals surface area contributed by atoms with E-state index in [2.05, 4.69) is 9.80 Å². The normalized spacial score (nSPS) is 22.8. The Morgan fingerprint density at radius 1 is 1.29 bits per heavy atom. The van der Waals surface area contributed by atoms with Crippen LogP contribution in [0.3, 0.4) is 0 Å². The minimum Gasteiger partial charge on any atom is -0.395 e. The van der Waals surface area contributed by atoms with Crippen molar-refractivity contribution in [1.29, 1.82) is 5.26 Å². The van der Waals surface area contributed by atoms with Crippen LogP contribution in [0, 0.1) is 18.3 Å². The average Bonchev–Trinajstić information content (AvgIpc) is 3.43. The molecule has 0 radical (unpaired) electrons. The van der Waals surface area contributed by atoms with Crippen LogP contribution in [-0.4, -0.2) is 88.3 Å². The standard InChI is InChI=1S/C23H29N5O4S2/c1-15-17(12-19-22(31)28(23(33)34-19)14-16-4-3-11-32-16)20(25(2)21(30)18(15)13-24)27-7-5-26(6-8-27)9-10-29/h12,16,29H,3-11,14H2,1-2H3/b19-12-. The first kappa shape index (κ1) is 24.9. The van der Waals surface area contributed by atoms with Gasteiger partial charge in [-0.25, -0.2) is 0 Å². The summed E-state index contributed by atoms with van der Waals surface area (Å²) >= 11 is 6.74. The van der Waals surface area contributed by atoms with Crippen LogP contribution in [0.15, 0.2) is 9.70 Å². The van der Waals surface area contributed by atoms with Gasteiger partial charge in [0.05, 0.1) is 24.2 Å². The number of amides is 1. The first-order valence-electron chi connectivity index (χ1n) is 11.4. The molecule has 1 unspecified atom stereocenters. The number of aliphatic hydroxyl groups is 1. The number of hydrogen-bond acceptors (Lipinski definition) is 9. The van der Waals surface area contributed by atoms with E-state index < -0.39 is 0 Å². The summed E-state index contributed by atoms with van der Waals surface area (Å²) in [6, 6.07) is 2.04. The van der Waals surface area contributed by atoms with Crippen LogP contribution >= 0.6 is 24.0 Å². The number of rotatable bonds is 6. The fourth-order valence-corrected chi connectivity index (χ4v) is 5.96. The minimum absolute atomic E-state index is 0.00268. The number of pyridine rings is 1. The van der Waals surface area contributed by atoms with Gasteiger partial charge in [-0.3, -0.25) is 24.0 Å². The fraction of sp³-hybridized carbons (Fsp3) is 0.565. The first-order chi connectivity index (χ1) is 16.3. The van der Waals surface area contributed by atoms with E-state index in [1.54, 1.807) is 24.9 Å². The van der Waals surface area contributed by atoms with Gasteiger partial charge in [-0.05, 0) is 31.4 Å². The average molecular weight is 504 g/mol. The Morgan fingerprint density at radius 2 is 2.03 bits per heavy atom. The summed E-state index contributed by atoms with van der Waals surface area (Å²) in [7, 11) is 1.66. The van der Waals surface area contributed by atoms with Crippen molar-refractivity contribution in [3.8, 4) is 6.07 Å². The van der Waals surface area contributed by atoms with E-state index in [-0.39, 0.29) is 29.7 Å². The zero-order valence-electron chi connectivity index (χ0n) is 19.5. The zero-order chi connectivity index (χ0) is 24.4. The largest absolute Gasteiger partial charge is 0.395 e. The molecule has 0 spiro atoms. The molecule has 3 aliphatic heterocycles.